The van der Waals surface area contributed by atoms with E-state index >= 15 is 0 Å². The number of hydrazine groups is 1. The molecule has 0 aromatic heterocycles. The minimum atomic E-state index is -1.19. The van der Waals surface area contributed by atoms with Crippen LogP contribution in [0.15, 0.2) is 54.6 Å². The van der Waals surface area contributed by atoms with Crippen molar-refractivity contribution in [3.63, 3.8) is 0 Å². The quantitative estimate of drug-likeness (QED) is 0.577. The molecule has 156 valence electrons. The first-order chi connectivity index (χ1) is 14.4. The summed E-state index contributed by atoms with van der Waals surface area (Å²) in [7, 11) is 0. The lowest BCUT2D eigenvalue weighted by atomic mass is 10.2. The Balaban J connectivity index is 1.57. The second kappa shape index (κ2) is 9.08. The Bertz CT molecular complexity index is 962. The molecule has 9 nitrogen and oxygen atoms in total. The fourth-order valence-corrected chi connectivity index (χ4v) is 2.84. The molecule has 3 amide bonds. The molecule has 2 atom stereocenters. The van der Waals surface area contributed by atoms with E-state index in [0.29, 0.717) is 17.0 Å². The number of nitrogens with one attached hydrogen (secondary N) is 2. The summed E-state index contributed by atoms with van der Waals surface area (Å²) in [6.07, 6.45) is -2.28. The Morgan fingerprint density at radius 3 is 2.40 bits per heavy atom. The summed E-state index contributed by atoms with van der Waals surface area (Å²) >= 11 is 0. The Hall–Kier alpha value is -3.88. The number of rotatable bonds is 4. The van der Waals surface area contributed by atoms with Crippen LogP contribution in [0.5, 0.6) is 5.75 Å². The number of benzene rings is 2. The van der Waals surface area contributed by atoms with E-state index in [2.05, 4.69) is 10.9 Å². The van der Waals surface area contributed by atoms with Gasteiger partial charge in [-0.25, -0.2) is 4.79 Å². The number of esters is 1. The number of amides is 3. The standard InChI is InChI=1S/C21H21N3O6/c1-13(19(26)22-23-20(27)15-8-4-3-5-9-15)29-21(28)18-12-24(14(2)25)16-10-6-7-11-17(16)30-18/h3-11,13,18H,12H2,1-2H3,(H,22,26)(H,23,27)/t13-,18+/m1/s1. The molecule has 0 aliphatic carbocycles. The van der Waals surface area contributed by atoms with Gasteiger partial charge in [0, 0.05) is 12.5 Å². The highest BCUT2D eigenvalue weighted by Gasteiger charge is 2.35. The average molecular weight is 411 g/mol. The molecule has 1 aliphatic rings. The van der Waals surface area contributed by atoms with E-state index in [1.807, 2.05) is 0 Å². The van der Waals surface area contributed by atoms with Crippen LogP contribution in [0.4, 0.5) is 5.69 Å². The summed E-state index contributed by atoms with van der Waals surface area (Å²) in [6.45, 7) is 2.71. The molecule has 0 spiro atoms. The van der Waals surface area contributed by atoms with Crippen molar-refractivity contribution in [1.29, 1.82) is 0 Å². The van der Waals surface area contributed by atoms with E-state index < -0.39 is 30.0 Å². The van der Waals surface area contributed by atoms with Crippen molar-refractivity contribution in [2.24, 2.45) is 0 Å². The molecule has 0 unspecified atom stereocenters. The van der Waals surface area contributed by atoms with E-state index in [-0.39, 0.29) is 12.5 Å². The SMILES string of the molecule is CC(=O)N1C[C@@H](C(=O)O[C@H](C)C(=O)NNC(=O)c2ccccc2)Oc2ccccc21. The van der Waals surface area contributed by atoms with Crippen LogP contribution < -0.4 is 20.5 Å². The number of carbonyl (C=O) groups is 4. The van der Waals surface area contributed by atoms with Gasteiger partial charge in [0.2, 0.25) is 12.0 Å². The van der Waals surface area contributed by atoms with E-state index in [4.69, 9.17) is 9.47 Å². The number of hydrogen-bond acceptors (Lipinski definition) is 6. The Kier molecular flexibility index (Phi) is 6.31. The van der Waals surface area contributed by atoms with Crippen molar-refractivity contribution < 1.29 is 28.7 Å². The molecule has 2 aromatic rings. The summed E-state index contributed by atoms with van der Waals surface area (Å²) in [5, 5.41) is 0. The predicted molar refractivity (Wildman–Crippen MR) is 106 cm³/mol. The maximum Gasteiger partial charge on any atom is 0.350 e. The van der Waals surface area contributed by atoms with Crippen LogP contribution in [0.25, 0.3) is 0 Å². The lowest BCUT2D eigenvalue weighted by molar-refractivity contribution is -0.161. The zero-order valence-corrected chi connectivity index (χ0v) is 16.5. The fourth-order valence-electron chi connectivity index (χ4n) is 2.84. The van der Waals surface area contributed by atoms with Crippen LogP contribution in [0, 0.1) is 0 Å². The molecule has 1 aliphatic heterocycles. The number of fused-ring (bicyclic) bond motifs is 1. The van der Waals surface area contributed by atoms with Gasteiger partial charge < -0.3 is 14.4 Å². The molecular weight excluding hydrogens is 390 g/mol. The van der Waals surface area contributed by atoms with Gasteiger partial charge in [0.05, 0.1) is 12.2 Å². The van der Waals surface area contributed by atoms with E-state index in [1.54, 1.807) is 54.6 Å². The molecule has 2 N–H and O–H groups in total. The highest BCUT2D eigenvalue weighted by atomic mass is 16.6. The highest BCUT2D eigenvalue weighted by Crippen LogP contribution is 2.33. The summed E-state index contributed by atoms with van der Waals surface area (Å²) in [6, 6.07) is 15.1. The zero-order chi connectivity index (χ0) is 21.7. The van der Waals surface area contributed by atoms with Crippen molar-refractivity contribution in [3.8, 4) is 5.75 Å². The van der Waals surface area contributed by atoms with Gasteiger partial charge >= 0.3 is 5.97 Å². The van der Waals surface area contributed by atoms with Gasteiger partial charge in [0.15, 0.2) is 6.10 Å². The normalized spacial score (nSPS) is 15.8. The maximum atomic E-state index is 12.5. The average Bonchev–Trinajstić information content (AvgIpc) is 2.76. The van der Waals surface area contributed by atoms with Crippen molar-refractivity contribution in [2.75, 3.05) is 11.4 Å². The largest absolute Gasteiger partial charge is 0.475 e. The van der Waals surface area contributed by atoms with E-state index in [0.717, 1.165) is 0 Å². The first-order valence-corrected chi connectivity index (χ1v) is 9.26. The van der Waals surface area contributed by atoms with Gasteiger partial charge in [-0.1, -0.05) is 30.3 Å². The molecule has 30 heavy (non-hydrogen) atoms. The second-order valence-corrected chi connectivity index (χ2v) is 6.59. The molecule has 0 radical (unpaired) electrons. The van der Waals surface area contributed by atoms with Gasteiger partial charge in [-0.15, -0.1) is 0 Å². The maximum absolute atomic E-state index is 12.5. The Morgan fingerprint density at radius 1 is 1.03 bits per heavy atom. The number of anilines is 1. The molecular formula is C21H21N3O6. The van der Waals surface area contributed by atoms with Gasteiger partial charge in [0.25, 0.3) is 11.8 Å². The molecule has 1 heterocycles. The van der Waals surface area contributed by atoms with Crippen LogP contribution >= 0.6 is 0 Å². The monoisotopic (exact) mass is 411 g/mol. The third-order valence-electron chi connectivity index (χ3n) is 4.41. The van der Waals surface area contributed by atoms with Gasteiger partial charge in [-0.2, -0.15) is 0 Å². The second-order valence-electron chi connectivity index (χ2n) is 6.59. The number of para-hydroxylation sites is 2. The topological polar surface area (TPSA) is 114 Å². The fraction of sp³-hybridized carbons (Fsp3) is 0.238. The summed E-state index contributed by atoms with van der Waals surface area (Å²) < 4.78 is 10.8. The summed E-state index contributed by atoms with van der Waals surface area (Å²) in [5.74, 6) is -1.90. The Labute approximate surface area is 172 Å². The van der Waals surface area contributed by atoms with Crippen molar-refractivity contribution in [2.45, 2.75) is 26.1 Å². The van der Waals surface area contributed by atoms with Crippen LogP contribution in [-0.2, 0) is 19.1 Å². The molecule has 0 saturated heterocycles. The first-order valence-electron chi connectivity index (χ1n) is 9.26. The molecule has 9 heteroatoms. The summed E-state index contributed by atoms with van der Waals surface area (Å²) in [4.78, 5) is 50.0. The number of carbonyl (C=O) groups excluding carboxylic acids is 4. The number of hydrogen-bond donors (Lipinski definition) is 2. The van der Waals surface area contributed by atoms with Gasteiger partial charge in [-0.3, -0.25) is 25.2 Å². The molecule has 3 rings (SSSR count). The van der Waals surface area contributed by atoms with Crippen LogP contribution in [0.2, 0.25) is 0 Å². The molecule has 0 bridgehead atoms. The molecule has 0 fully saturated rings. The molecule has 2 aromatic carbocycles. The minimum absolute atomic E-state index is 0.0374. The van der Waals surface area contributed by atoms with Crippen molar-refractivity contribution in [1.82, 2.24) is 10.9 Å². The predicted octanol–water partition coefficient (Wildman–Crippen LogP) is 1.19. The van der Waals surface area contributed by atoms with Crippen LogP contribution in [0.3, 0.4) is 0 Å². The van der Waals surface area contributed by atoms with Gasteiger partial charge in [-0.05, 0) is 31.2 Å². The smallest absolute Gasteiger partial charge is 0.350 e. The third kappa shape index (κ3) is 4.75. The lowest BCUT2D eigenvalue weighted by Gasteiger charge is -2.33. The van der Waals surface area contributed by atoms with Crippen molar-refractivity contribution >= 4 is 29.4 Å². The third-order valence-corrected chi connectivity index (χ3v) is 4.41. The lowest BCUT2D eigenvalue weighted by Crippen LogP contribution is -2.50. The highest BCUT2D eigenvalue weighted by molar-refractivity contribution is 5.97. The number of ether oxygens (including phenoxy) is 2. The first kappa shape index (κ1) is 20.8. The Morgan fingerprint density at radius 2 is 1.70 bits per heavy atom. The molecule has 0 saturated carbocycles. The zero-order valence-electron chi connectivity index (χ0n) is 16.5. The van der Waals surface area contributed by atoms with Crippen LogP contribution in [-0.4, -0.2) is 42.4 Å². The minimum Gasteiger partial charge on any atom is -0.475 e. The van der Waals surface area contributed by atoms with Crippen LogP contribution in [0.1, 0.15) is 24.2 Å². The van der Waals surface area contributed by atoms with Gasteiger partial charge in [0.1, 0.15) is 5.75 Å². The van der Waals surface area contributed by atoms with Crippen molar-refractivity contribution in [3.05, 3.63) is 60.2 Å². The number of nitrogens with zero attached hydrogens (tertiary/aromatic N) is 1. The summed E-state index contributed by atoms with van der Waals surface area (Å²) in [5.41, 5.74) is 5.38. The van der Waals surface area contributed by atoms with E-state index in [9.17, 15) is 19.2 Å². The van der Waals surface area contributed by atoms with E-state index in [1.165, 1.54) is 18.7 Å².